The van der Waals surface area contributed by atoms with Crippen molar-refractivity contribution < 1.29 is 47.7 Å². The number of nitrogens with zero attached hydrogens (tertiary/aromatic N) is 4. The van der Waals surface area contributed by atoms with Crippen LogP contribution in [0, 0.1) is 0 Å². The van der Waals surface area contributed by atoms with Crippen LogP contribution in [0.1, 0.15) is 48.5 Å². The molecule has 0 aromatic heterocycles. The molecule has 0 aromatic rings. The molecule has 0 radical (unpaired) electrons. The van der Waals surface area contributed by atoms with E-state index in [9.17, 15) is 24.0 Å². The minimum Gasteiger partial charge on any atom is -0.463 e. The van der Waals surface area contributed by atoms with Gasteiger partial charge in [0.05, 0.1) is 0 Å². The lowest BCUT2D eigenvalue weighted by atomic mass is 9.94. The molecule has 1 aliphatic rings. The van der Waals surface area contributed by atoms with Crippen LogP contribution in [-0.4, -0.2) is 77.6 Å². The molecule has 1 heterocycles. The van der Waals surface area contributed by atoms with Gasteiger partial charge >= 0.3 is 24.0 Å². The summed E-state index contributed by atoms with van der Waals surface area (Å²) in [6.07, 6.45) is -7.00. The standard InChI is InChI=1S/C19H28N4O10/c1-9(24)23(18(28)33-19(5,6)7)14-16(31-12(4)27)15(30-11(3)26)13(8-29-10(2)25)32-17(14)21-22-20/h13-17H,8H2,1-7H3/t13-,14-,15+,16-,17-/m1/s1. The number of hydrogen-bond donors (Lipinski definition) is 0. The summed E-state index contributed by atoms with van der Waals surface area (Å²) in [6, 6.07) is -1.57. The van der Waals surface area contributed by atoms with Crippen molar-refractivity contribution in [3.8, 4) is 0 Å². The fourth-order valence-corrected chi connectivity index (χ4v) is 3.09. The second-order valence-electron chi connectivity index (χ2n) is 8.08. The van der Waals surface area contributed by atoms with Gasteiger partial charge < -0.3 is 23.7 Å². The number of hydrogen-bond acceptors (Lipinski definition) is 11. The zero-order chi connectivity index (χ0) is 25.5. The maximum absolute atomic E-state index is 12.9. The number of ether oxygens (including phenoxy) is 5. The van der Waals surface area contributed by atoms with Crippen LogP contribution >= 0.6 is 0 Å². The molecule has 0 aliphatic carbocycles. The first-order chi connectivity index (χ1) is 15.2. The summed E-state index contributed by atoms with van der Waals surface area (Å²) in [5.41, 5.74) is 8.03. The minimum atomic E-state index is -1.61. The van der Waals surface area contributed by atoms with Crippen molar-refractivity contribution in [2.45, 2.75) is 84.6 Å². The fourth-order valence-electron chi connectivity index (χ4n) is 3.09. The second-order valence-corrected chi connectivity index (χ2v) is 8.08. The summed E-state index contributed by atoms with van der Waals surface area (Å²) < 4.78 is 26.4. The Morgan fingerprint density at radius 3 is 1.94 bits per heavy atom. The van der Waals surface area contributed by atoms with E-state index in [-0.39, 0.29) is 0 Å². The van der Waals surface area contributed by atoms with Gasteiger partial charge in [0, 0.05) is 32.6 Å². The third-order valence-corrected chi connectivity index (χ3v) is 4.08. The summed E-state index contributed by atoms with van der Waals surface area (Å²) in [7, 11) is 0. The predicted molar refractivity (Wildman–Crippen MR) is 108 cm³/mol. The van der Waals surface area contributed by atoms with E-state index in [1.807, 2.05) is 0 Å². The molecule has 184 valence electrons. The Balaban J connectivity index is 3.63. The normalized spacial score (nSPS) is 24.5. The van der Waals surface area contributed by atoms with Gasteiger partial charge in [-0.3, -0.25) is 19.2 Å². The summed E-state index contributed by atoms with van der Waals surface area (Å²) in [5.74, 6) is -3.22. The van der Waals surface area contributed by atoms with Gasteiger partial charge in [-0.25, -0.2) is 9.69 Å². The van der Waals surface area contributed by atoms with Gasteiger partial charge in [-0.05, 0) is 26.3 Å². The molecule has 0 unspecified atom stereocenters. The molecule has 1 rings (SSSR count). The van der Waals surface area contributed by atoms with Crippen LogP contribution in [0.4, 0.5) is 4.79 Å². The maximum atomic E-state index is 12.9. The van der Waals surface area contributed by atoms with Gasteiger partial charge in [0.25, 0.3) is 0 Å². The molecule has 1 saturated heterocycles. The summed E-state index contributed by atoms with van der Waals surface area (Å²) >= 11 is 0. The average Bonchev–Trinajstić information content (AvgIpc) is 2.62. The fraction of sp³-hybridized carbons (Fsp3) is 0.737. The Labute approximate surface area is 190 Å². The monoisotopic (exact) mass is 472 g/mol. The Kier molecular flexibility index (Phi) is 9.62. The molecule has 5 atom stereocenters. The van der Waals surface area contributed by atoms with Crippen molar-refractivity contribution in [2.75, 3.05) is 6.61 Å². The molecular formula is C19H28N4O10. The molecule has 0 spiro atoms. The summed E-state index contributed by atoms with van der Waals surface area (Å²) in [5, 5.41) is 3.48. The number of azide groups is 1. The van der Waals surface area contributed by atoms with Gasteiger partial charge in [-0.2, -0.15) is 0 Å². The van der Waals surface area contributed by atoms with Gasteiger partial charge in [0.15, 0.2) is 18.4 Å². The van der Waals surface area contributed by atoms with Gasteiger partial charge in [-0.15, -0.1) is 0 Å². The number of rotatable bonds is 6. The molecular weight excluding hydrogens is 444 g/mol. The second kappa shape index (κ2) is 11.5. The van der Waals surface area contributed by atoms with Crippen molar-refractivity contribution in [3.05, 3.63) is 10.4 Å². The van der Waals surface area contributed by atoms with Crippen LogP contribution in [0.25, 0.3) is 10.4 Å². The smallest absolute Gasteiger partial charge is 0.417 e. The van der Waals surface area contributed by atoms with E-state index in [4.69, 9.17) is 29.2 Å². The third-order valence-electron chi connectivity index (χ3n) is 4.08. The maximum Gasteiger partial charge on any atom is 0.417 e. The topological polar surface area (TPSA) is 183 Å². The summed E-state index contributed by atoms with van der Waals surface area (Å²) in [6.45, 7) is 8.49. The Hall–Kier alpha value is -3.38. The highest BCUT2D eigenvalue weighted by molar-refractivity contribution is 5.91. The van der Waals surface area contributed by atoms with E-state index in [0.29, 0.717) is 4.90 Å². The molecule has 0 aromatic carbocycles. The number of carbonyl (C=O) groups is 5. The van der Waals surface area contributed by atoms with Crippen molar-refractivity contribution in [2.24, 2.45) is 5.11 Å². The molecule has 0 bridgehead atoms. The van der Waals surface area contributed by atoms with Gasteiger partial charge in [0.1, 0.15) is 24.4 Å². The number of esters is 3. The first-order valence-electron chi connectivity index (χ1n) is 9.88. The average molecular weight is 472 g/mol. The highest BCUT2D eigenvalue weighted by Gasteiger charge is 2.54. The Morgan fingerprint density at radius 1 is 0.970 bits per heavy atom. The molecule has 33 heavy (non-hydrogen) atoms. The van der Waals surface area contributed by atoms with Crippen LogP contribution in [0.5, 0.6) is 0 Å². The van der Waals surface area contributed by atoms with Crippen molar-refractivity contribution in [3.63, 3.8) is 0 Å². The summed E-state index contributed by atoms with van der Waals surface area (Å²) in [4.78, 5) is 63.6. The first kappa shape index (κ1) is 27.7. The van der Waals surface area contributed by atoms with Crippen molar-refractivity contribution in [1.29, 1.82) is 0 Å². The number of carbonyl (C=O) groups excluding carboxylic acids is 5. The quantitative estimate of drug-likeness (QED) is 0.181. The van der Waals surface area contributed by atoms with E-state index in [1.165, 1.54) is 0 Å². The van der Waals surface area contributed by atoms with Gasteiger partial charge in [-0.1, -0.05) is 5.11 Å². The van der Waals surface area contributed by atoms with E-state index in [2.05, 4.69) is 10.0 Å². The largest absolute Gasteiger partial charge is 0.463 e. The lowest BCUT2D eigenvalue weighted by molar-refractivity contribution is -0.232. The Bertz CT molecular complexity index is 833. The SMILES string of the molecule is CC(=O)OC[C@H]1O[C@@H](N=[N+]=[N-])[C@H](N(C(C)=O)C(=O)OC(C)(C)C)[C@@H](OC(C)=O)[C@H]1OC(C)=O. The molecule has 1 fully saturated rings. The molecule has 14 heteroatoms. The zero-order valence-electron chi connectivity index (χ0n) is 19.5. The van der Waals surface area contributed by atoms with E-state index in [0.717, 1.165) is 27.7 Å². The van der Waals surface area contributed by atoms with E-state index >= 15 is 0 Å². The van der Waals surface area contributed by atoms with Gasteiger partial charge in [0.2, 0.25) is 5.91 Å². The molecule has 1 aliphatic heterocycles. The predicted octanol–water partition coefficient (Wildman–Crippen LogP) is 1.60. The first-order valence-corrected chi connectivity index (χ1v) is 9.88. The van der Waals surface area contributed by atoms with Crippen molar-refractivity contribution >= 4 is 29.9 Å². The zero-order valence-corrected chi connectivity index (χ0v) is 19.5. The highest BCUT2D eigenvalue weighted by Crippen LogP contribution is 2.32. The minimum absolute atomic E-state index is 0.471. The van der Waals surface area contributed by atoms with Crippen LogP contribution in [0.3, 0.4) is 0 Å². The lowest BCUT2D eigenvalue weighted by Crippen LogP contribution is -2.67. The van der Waals surface area contributed by atoms with Crippen LogP contribution < -0.4 is 0 Å². The van der Waals surface area contributed by atoms with Crippen LogP contribution in [0.15, 0.2) is 5.11 Å². The number of imide groups is 1. The molecule has 2 amide bonds. The van der Waals surface area contributed by atoms with E-state index in [1.54, 1.807) is 20.8 Å². The lowest BCUT2D eigenvalue weighted by Gasteiger charge is -2.46. The number of amides is 2. The Morgan fingerprint density at radius 2 is 1.52 bits per heavy atom. The van der Waals surface area contributed by atoms with Crippen LogP contribution in [-0.2, 0) is 42.9 Å². The van der Waals surface area contributed by atoms with Crippen LogP contribution in [0.2, 0.25) is 0 Å². The molecule has 14 nitrogen and oxygen atoms in total. The van der Waals surface area contributed by atoms with Crippen molar-refractivity contribution in [1.82, 2.24) is 4.90 Å². The highest BCUT2D eigenvalue weighted by atomic mass is 16.6. The molecule has 0 N–H and O–H groups in total. The van der Waals surface area contributed by atoms with E-state index < -0.39 is 72.7 Å². The molecule has 0 saturated carbocycles. The third kappa shape index (κ3) is 8.24.